The maximum atomic E-state index is 6.01. The molecule has 0 amide bonds. The average Bonchev–Trinajstić information content (AvgIpc) is 2.93. The van der Waals surface area contributed by atoms with E-state index in [4.69, 9.17) is 5.73 Å². The quantitative estimate of drug-likeness (QED) is 0.916. The monoisotopic (exact) mass is 278 g/mol. The lowest BCUT2D eigenvalue weighted by atomic mass is 9.94. The maximum absolute atomic E-state index is 6.01. The number of thiophene rings is 1. The third kappa shape index (κ3) is 2.61. The van der Waals surface area contributed by atoms with Crippen LogP contribution in [0.3, 0.4) is 0 Å². The third-order valence-electron chi connectivity index (χ3n) is 4.54. The van der Waals surface area contributed by atoms with Crippen LogP contribution < -0.4 is 5.73 Å². The molecule has 2 fully saturated rings. The summed E-state index contributed by atoms with van der Waals surface area (Å²) in [7, 11) is 0. The Labute approximate surface area is 121 Å². The first-order valence-electron chi connectivity index (χ1n) is 7.56. The van der Waals surface area contributed by atoms with Gasteiger partial charge in [0.1, 0.15) is 0 Å². The van der Waals surface area contributed by atoms with Crippen LogP contribution in [0.4, 0.5) is 0 Å². The van der Waals surface area contributed by atoms with E-state index in [-0.39, 0.29) is 5.41 Å². The van der Waals surface area contributed by atoms with Crippen LogP contribution in [0.5, 0.6) is 0 Å². The zero-order valence-corrected chi connectivity index (χ0v) is 13.2. The zero-order chi connectivity index (χ0) is 13.6. The van der Waals surface area contributed by atoms with Gasteiger partial charge in [-0.2, -0.15) is 0 Å². The number of rotatable bonds is 3. The van der Waals surface area contributed by atoms with E-state index >= 15 is 0 Å². The first-order chi connectivity index (χ1) is 9.00. The first-order valence-corrected chi connectivity index (χ1v) is 8.38. The summed E-state index contributed by atoms with van der Waals surface area (Å²) in [5.41, 5.74) is 6.28. The van der Waals surface area contributed by atoms with Gasteiger partial charge in [-0.25, -0.2) is 0 Å². The molecule has 19 heavy (non-hydrogen) atoms. The number of nitrogens with zero attached hydrogens (tertiary/aromatic N) is 1. The Bertz CT molecular complexity index is 442. The molecule has 3 rings (SSSR count). The number of hydrogen-bond donors (Lipinski definition) is 1. The highest BCUT2D eigenvalue weighted by Crippen LogP contribution is 2.46. The summed E-state index contributed by atoms with van der Waals surface area (Å²) in [5, 5.41) is 0. The second-order valence-electron chi connectivity index (χ2n) is 7.15. The molecule has 3 heteroatoms. The molecular weight excluding hydrogens is 252 g/mol. The fraction of sp³-hybridized carbons (Fsp3) is 0.750. The molecular formula is C16H26N2S. The van der Waals surface area contributed by atoms with Crippen molar-refractivity contribution in [1.82, 2.24) is 4.90 Å². The van der Waals surface area contributed by atoms with Gasteiger partial charge >= 0.3 is 0 Å². The zero-order valence-electron chi connectivity index (χ0n) is 12.4. The van der Waals surface area contributed by atoms with Gasteiger partial charge in [0.05, 0.1) is 0 Å². The average molecular weight is 278 g/mol. The van der Waals surface area contributed by atoms with E-state index in [0.717, 1.165) is 12.6 Å². The molecule has 1 aromatic rings. The molecule has 0 radical (unpaired) electrons. The summed E-state index contributed by atoms with van der Waals surface area (Å²) < 4.78 is 0. The third-order valence-corrected chi connectivity index (χ3v) is 6.12. The Kier molecular flexibility index (Phi) is 3.48. The summed E-state index contributed by atoms with van der Waals surface area (Å²) in [6.07, 6.45) is 4.07. The highest BCUT2D eigenvalue weighted by molar-refractivity contribution is 7.12. The van der Waals surface area contributed by atoms with E-state index < -0.39 is 0 Å². The summed E-state index contributed by atoms with van der Waals surface area (Å²) in [6, 6.07) is 6.14. The topological polar surface area (TPSA) is 29.3 Å². The molecule has 2 heterocycles. The van der Waals surface area contributed by atoms with Crippen LogP contribution in [0.15, 0.2) is 12.1 Å². The minimum atomic E-state index is 0.268. The Morgan fingerprint density at radius 2 is 2.00 bits per heavy atom. The highest BCUT2D eigenvalue weighted by atomic mass is 32.1. The van der Waals surface area contributed by atoms with E-state index in [9.17, 15) is 0 Å². The van der Waals surface area contributed by atoms with Crippen molar-refractivity contribution in [1.29, 1.82) is 0 Å². The SMILES string of the molecule is CC(C)(C)c1ccc(C2C(CN)CCN2C2CC2)s1. The minimum Gasteiger partial charge on any atom is -0.330 e. The van der Waals surface area contributed by atoms with Crippen LogP contribution in [0.1, 0.15) is 55.8 Å². The maximum Gasteiger partial charge on any atom is 0.0485 e. The number of nitrogens with two attached hydrogens (primary N) is 1. The first kappa shape index (κ1) is 13.6. The summed E-state index contributed by atoms with van der Waals surface area (Å²) in [4.78, 5) is 5.78. The van der Waals surface area contributed by atoms with Crippen molar-refractivity contribution in [2.45, 2.75) is 57.5 Å². The molecule has 1 aromatic heterocycles. The Balaban J connectivity index is 1.87. The van der Waals surface area contributed by atoms with Crippen molar-refractivity contribution in [3.05, 3.63) is 21.9 Å². The highest BCUT2D eigenvalue weighted by Gasteiger charge is 2.42. The molecule has 2 N–H and O–H groups in total. The smallest absolute Gasteiger partial charge is 0.0485 e. The lowest BCUT2D eigenvalue weighted by Gasteiger charge is -2.27. The van der Waals surface area contributed by atoms with Gasteiger partial charge in [0.15, 0.2) is 0 Å². The second kappa shape index (κ2) is 4.87. The standard InChI is InChI=1S/C16H26N2S/c1-16(2,3)14-7-6-13(19-14)15-11(10-17)8-9-18(15)12-4-5-12/h6-7,11-12,15H,4-5,8-10,17H2,1-3H3. The van der Waals surface area contributed by atoms with Crippen molar-refractivity contribution >= 4 is 11.3 Å². The minimum absolute atomic E-state index is 0.268. The van der Waals surface area contributed by atoms with E-state index in [1.807, 2.05) is 11.3 Å². The van der Waals surface area contributed by atoms with Gasteiger partial charge < -0.3 is 5.73 Å². The van der Waals surface area contributed by atoms with Crippen LogP contribution in [0.2, 0.25) is 0 Å². The molecule has 0 spiro atoms. The van der Waals surface area contributed by atoms with Crippen molar-refractivity contribution in [3.63, 3.8) is 0 Å². The van der Waals surface area contributed by atoms with Crippen LogP contribution in [-0.2, 0) is 5.41 Å². The van der Waals surface area contributed by atoms with Gasteiger partial charge in [-0.1, -0.05) is 20.8 Å². The number of likely N-dealkylation sites (tertiary alicyclic amines) is 1. The predicted octanol–water partition coefficient (Wildman–Crippen LogP) is 3.53. The molecule has 1 saturated heterocycles. The molecule has 1 aliphatic carbocycles. The molecule has 106 valence electrons. The van der Waals surface area contributed by atoms with Crippen LogP contribution in [0.25, 0.3) is 0 Å². The summed E-state index contributed by atoms with van der Waals surface area (Å²) in [5.74, 6) is 0.659. The van der Waals surface area contributed by atoms with Crippen LogP contribution in [0, 0.1) is 5.92 Å². The summed E-state index contributed by atoms with van der Waals surface area (Å²) in [6.45, 7) is 8.99. The predicted molar refractivity (Wildman–Crippen MR) is 82.6 cm³/mol. The molecule has 2 nitrogen and oxygen atoms in total. The Hall–Kier alpha value is -0.380. The van der Waals surface area contributed by atoms with Crippen LogP contribution in [-0.4, -0.2) is 24.0 Å². The van der Waals surface area contributed by atoms with Crippen molar-refractivity contribution in [2.24, 2.45) is 11.7 Å². The summed E-state index contributed by atoms with van der Waals surface area (Å²) >= 11 is 2.01. The van der Waals surface area contributed by atoms with Gasteiger partial charge in [0.25, 0.3) is 0 Å². The van der Waals surface area contributed by atoms with Gasteiger partial charge in [-0.05, 0) is 55.8 Å². The van der Waals surface area contributed by atoms with Gasteiger partial charge in [-0.3, -0.25) is 4.90 Å². The fourth-order valence-electron chi connectivity index (χ4n) is 3.26. The lowest BCUT2D eigenvalue weighted by Crippen LogP contribution is -2.29. The molecule has 1 saturated carbocycles. The molecule has 2 aliphatic rings. The van der Waals surface area contributed by atoms with E-state index in [2.05, 4.69) is 37.8 Å². The van der Waals surface area contributed by atoms with E-state index in [1.54, 1.807) is 4.88 Å². The fourth-order valence-corrected chi connectivity index (χ4v) is 4.54. The lowest BCUT2D eigenvalue weighted by molar-refractivity contribution is 0.224. The van der Waals surface area contributed by atoms with Crippen molar-refractivity contribution in [3.8, 4) is 0 Å². The Morgan fingerprint density at radius 1 is 1.26 bits per heavy atom. The Morgan fingerprint density at radius 3 is 2.53 bits per heavy atom. The molecule has 0 bridgehead atoms. The van der Waals surface area contributed by atoms with E-state index in [0.29, 0.717) is 12.0 Å². The molecule has 2 unspecified atom stereocenters. The number of hydrogen-bond acceptors (Lipinski definition) is 3. The second-order valence-corrected chi connectivity index (χ2v) is 8.27. The van der Waals surface area contributed by atoms with E-state index in [1.165, 1.54) is 30.7 Å². The molecule has 0 aromatic carbocycles. The molecule has 2 atom stereocenters. The largest absolute Gasteiger partial charge is 0.330 e. The molecule has 1 aliphatic heterocycles. The van der Waals surface area contributed by atoms with Crippen molar-refractivity contribution in [2.75, 3.05) is 13.1 Å². The van der Waals surface area contributed by atoms with Crippen LogP contribution >= 0.6 is 11.3 Å². The van der Waals surface area contributed by atoms with Gasteiger partial charge in [0.2, 0.25) is 0 Å². The van der Waals surface area contributed by atoms with Crippen molar-refractivity contribution < 1.29 is 0 Å². The van der Waals surface area contributed by atoms with Gasteiger partial charge in [-0.15, -0.1) is 11.3 Å². The normalized spacial score (nSPS) is 29.1. The van der Waals surface area contributed by atoms with Gasteiger partial charge in [0, 0.05) is 21.8 Å².